The highest BCUT2D eigenvalue weighted by Gasteiger charge is 2.31. The van der Waals surface area contributed by atoms with Gasteiger partial charge in [-0.25, -0.2) is 4.99 Å². The van der Waals surface area contributed by atoms with E-state index in [1.165, 1.54) is 0 Å². The van der Waals surface area contributed by atoms with Gasteiger partial charge in [-0.2, -0.15) is 5.10 Å². The van der Waals surface area contributed by atoms with Crippen LogP contribution in [0.3, 0.4) is 0 Å². The number of thioether (sulfide) groups is 1. The van der Waals surface area contributed by atoms with Gasteiger partial charge < -0.3 is 0 Å². The Morgan fingerprint density at radius 3 is 2.80 bits per heavy atom. The molecule has 0 unspecified atom stereocenters. The average Bonchev–Trinajstić information content (AvgIpc) is 2.93. The number of aliphatic imine (C=N–C) groups is 1. The van der Waals surface area contributed by atoms with Gasteiger partial charge in [-0.1, -0.05) is 11.8 Å². The van der Waals surface area contributed by atoms with Crippen LogP contribution in [0, 0.1) is 0 Å². The van der Waals surface area contributed by atoms with Gasteiger partial charge in [-0.3, -0.25) is 19.3 Å². The van der Waals surface area contributed by atoms with E-state index < -0.39 is 0 Å². The van der Waals surface area contributed by atoms with Crippen LogP contribution >= 0.6 is 11.8 Å². The van der Waals surface area contributed by atoms with Crippen LogP contribution in [-0.4, -0.2) is 24.6 Å². The molecule has 3 heterocycles. The monoisotopic (exact) mass is 291 g/mol. The molecule has 20 heavy (non-hydrogen) atoms. The molecule has 0 radical (unpaired) electrons. The number of fused-ring (bicyclic) bond motifs is 1. The van der Waals surface area contributed by atoms with E-state index in [1.807, 2.05) is 44.9 Å². The summed E-state index contributed by atoms with van der Waals surface area (Å²) in [6.45, 7) is 6.03. The van der Waals surface area contributed by atoms with Gasteiger partial charge in [0.15, 0.2) is 5.82 Å². The molecule has 7 heteroatoms. The number of hydrogen-bond acceptors (Lipinski definition) is 4. The Labute approximate surface area is 120 Å². The van der Waals surface area contributed by atoms with Gasteiger partial charge in [-0.15, -0.1) is 0 Å². The Bertz CT molecular complexity index is 736. The standard InChI is InChI=1S/C13H17N5OS/c1-7(2)18-12-10(13(19)16-18)11(20-8(3)15-12)9-5-14-17(4)6-9/h5-7,11H,1-4H3,(H,16,19)/t11-/m1/s1. The van der Waals surface area contributed by atoms with Gasteiger partial charge in [-0.05, 0) is 20.8 Å². The van der Waals surface area contributed by atoms with Gasteiger partial charge >= 0.3 is 0 Å². The number of H-pyrrole nitrogens is 1. The molecule has 0 aromatic carbocycles. The third kappa shape index (κ3) is 2.02. The molecule has 2 aromatic rings. The van der Waals surface area contributed by atoms with Crippen molar-refractivity contribution in [3.05, 3.63) is 33.9 Å². The number of hydrogen-bond donors (Lipinski definition) is 1. The lowest BCUT2D eigenvalue weighted by atomic mass is 10.1. The molecule has 3 rings (SSSR count). The molecule has 2 aromatic heterocycles. The predicted molar refractivity (Wildman–Crippen MR) is 80.8 cm³/mol. The lowest BCUT2D eigenvalue weighted by Gasteiger charge is -2.20. The lowest BCUT2D eigenvalue weighted by Crippen LogP contribution is -2.13. The Kier molecular flexibility index (Phi) is 3.08. The highest BCUT2D eigenvalue weighted by atomic mass is 32.2. The molecule has 0 spiro atoms. The molecule has 0 saturated carbocycles. The molecule has 0 aliphatic carbocycles. The Morgan fingerprint density at radius 1 is 1.45 bits per heavy atom. The zero-order valence-electron chi connectivity index (χ0n) is 11.9. The Morgan fingerprint density at radius 2 is 2.20 bits per heavy atom. The zero-order valence-corrected chi connectivity index (χ0v) is 12.7. The largest absolute Gasteiger partial charge is 0.275 e. The van der Waals surface area contributed by atoms with E-state index >= 15 is 0 Å². The van der Waals surface area contributed by atoms with Crippen molar-refractivity contribution in [3.63, 3.8) is 0 Å². The van der Waals surface area contributed by atoms with Crippen LogP contribution in [0.5, 0.6) is 0 Å². The second-order valence-corrected chi connectivity index (χ2v) is 6.52. The summed E-state index contributed by atoms with van der Waals surface area (Å²) in [5.74, 6) is 0.745. The molecule has 1 N–H and O–H groups in total. The van der Waals surface area contributed by atoms with Crippen LogP contribution in [0.1, 0.15) is 43.2 Å². The van der Waals surface area contributed by atoms with Crippen LogP contribution in [-0.2, 0) is 7.05 Å². The summed E-state index contributed by atoms with van der Waals surface area (Å²) in [4.78, 5) is 16.9. The van der Waals surface area contributed by atoms with E-state index in [4.69, 9.17) is 0 Å². The van der Waals surface area contributed by atoms with Crippen LogP contribution in [0.2, 0.25) is 0 Å². The van der Waals surface area contributed by atoms with Crippen LogP contribution < -0.4 is 5.56 Å². The van der Waals surface area contributed by atoms with E-state index in [2.05, 4.69) is 15.2 Å². The summed E-state index contributed by atoms with van der Waals surface area (Å²) in [5.41, 5.74) is 1.69. The van der Waals surface area contributed by atoms with Crippen molar-refractivity contribution in [2.75, 3.05) is 0 Å². The first-order valence-corrected chi connectivity index (χ1v) is 7.40. The summed E-state index contributed by atoms with van der Waals surface area (Å²) < 4.78 is 3.59. The summed E-state index contributed by atoms with van der Waals surface area (Å²) in [7, 11) is 1.88. The fourth-order valence-corrected chi connectivity index (χ4v) is 3.46. The van der Waals surface area contributed by atoms with E-state index in [1.54, 1.807) is 16.4 Å². The van der Waals surface area contributed by atoms with Crippen LogP contribution in [0.15, 0.2) is 22.2 Å². The molecular formula is C13H17N5OS. The maximum Gasteiger partial charge on any atom is 0.271 e. The van der Waals surface area contributed by atoms with Gasteiger partial charge in [0.05, 0.1) is 22.1 Å². The number of rotatable bonds is 2. The molecule has 106 valence electrons. The van der Waals surface area contributed by atoms with E-state index in [-0.39, 0.29) is 16.9 Å². The zero-order chi connectivity index (χ0) is 14.4. The molecule has 0 saturated heterocycles. The van der Waals surface area contributed by atoms with Crippen LogP contribution in [0.25, 0.3) is 0 Å². The third-order valence-corrected chi connectivity index (χ3v) is 4.47. The van der Waals surface area contributed by atoms with Gasteiger partial charge in [0.25, 0.3) is 5.56 Å². The highest BCUT2D eigenvalue weighted by Crippen LogP contribution is 2.43. The van der Waals surface area contributed by atoms with Crippen molar-refractivity contribution in [1.82, 2.24) is 19.6 Å². The molecule has 1 atom stereocenters. The molecule has 1 aliphatic rings. The molecule has 0 fully saturated rings. The van der Waals surface area contributed by atoms with Gasteiger partial charge in [0, 0.05) is 24.8 Å². The number of aryl methyl sites for hydroxylation is 1. The first-order chi connectivity index (χ1) is 9.47. The smallest absolute Gasteiger partial charge is 0.271 e. The van der Waals surface area contributed by atoms with Crippen LogP contribution in [0.4, 0.5) is 5.82 Å². The third-order valence-electron chi connectivity index (χ3n) is 3.29. The number of aromatic amines is 1. The lowest BCUT2D eigenvalue weighted by molar-refractivity contribution is 0.533. The number of aromatic nitrogens is 4. The van der Waals surface area contributed by atoms with Crippen molar-refractivity contribution < 1.29 is 0 Å². The Balaban J connectivity index is 2.20. The maximum absolute atomic E-state index is 12.3. The van der Waals surface area contributed by atoms with E-state index in [0.29, 0.717) is 0 Å². The minimum absolute atomic E-state index is 0.0417. The van der Waals surface area contributed by atoms with Gasteiger partial charge in [0.1, 0.15) is 0 Å². The second kappa shape index (κ2) is 4.66. The van der Waals surface area contributed by atoms with Gasteiger partial charge in [0.2, 0.25) is 0 Å². The molecule has 0 amide bonds. The predicted octanol–water partition coefficient (Wildman–Crippen LogP) is 2.38. The molecule has 0 bridgehead atoms. The Hall–Kier alpha value is -1.76. The average molecular weight is 291 g/mol. The summed E-state index contributed by atoms with van der Waals surface area (Å²) in [5, 5.41) is 8.02. The van der Waals surface area contributed by atoms with Crippen molar-refractivity contribution >= 4 is 22.6 Å². The highest BCUT2D eigenvalue weighted by molar-refractivity contribution is 8.14. The van der Waals surface area contributed by atoms with E-state index in [0.717, 1.165) is 22.0 Å². The minimum atomic E-state index is -0.0636. The molecule has 6 nitrogen and oxygen atoms in total. The summed E-state index contributed by atoms with van der Waals surface area (Å²) >= 11 is 1.60. The quantitative estimate of drug-likeness (QED) is 0.923. The fourth-order valence-electron chi connectivity index (χ4n) is 2.39. The summed E-state index contributed by atoms with van der Waals surface area (Å²) in [6.07, 6.45) is 3.76. The fraction of sp³-hybridized carbons (Fsp3) is 0.462. The van der Waals surface area contributed by atoms with E-state index in [9.17, 15) is 4.79 Å². The molecule has 1 aliphatic heterocycles. The maximum atomic E-state index is 12.3. The second-order valence-electron chi connectivity index (χ2n) is 5.22. The van der Waals surface area contributed by atoms with Crippen molar-refractivity contribution in [3.8, 4) is 0 Å². The number of nitrogens with zero attached hydrogens (tertiary/aromatic N) is 4. The first-order valence-electron chi connectivity index (χ1n) is 6.52. The number of nitrogens with one attached hydrogen (secondary N) is 1. The van der Waals surface area contributed by atoms with Crippen molar-refractivity contribution in [1.29, 1.82) is 0 Å². The summed E-state index contributed by atoms with van der Waals surface area (Å²) in [6, 6.07) is 0.167. The first kappa shape index (κ1) is 13.2. The minimum Gasteiger partial charge on any atom is -0.275 e. The topological polar surface area (TPSA) is 68.0 Å². The normalized spacial score (nSPS) is 18.2. The van der Waals surface area contributed by atoms with Crippen molar-refractivity contribution in [2.45, 2.75) is 32.1 Å². The molecular weight excluding hydrogens is 274 g/mol. The van der Waals surface area contributed by atoms with Crippen molar-refractivity contribution in [2.24, 2.45) is 12.0 Å². The SMILES string of the molecule is CC1=Nc2c(c(=O)[nH]n2C(C)C)[C@@H](c2cnn(C)c2)S1.